The van der Waals surface area contributed by atoms with Crippen LogP contribution in [-0.4, -0.2) is 46.1 Å². The fourth-order valence-electron chi connectivity index (χ4n) is 3.13. The Hall–Kier alpha value is -2.78. The molecule has 0 aliphatic rings. The smallest absolute Gasteiger partial charge is 0.315 e. The lowest BCUT2D eigenvalue weighted by atomic mass is 10.1. The van der Waals surface area contributed by atoms with Gasteiger partial charge in [-0.15, -0.1) is 0 Å². The molecule has 0 spiro atoms. The Morgan fingerprint density at radius 1 is 1.00 bits per heavy atom. The summed E-state index contributed by atoms with van der Waals surface area (Å²) in [6.07, 6.45) is 0. The summed E-state index contributed by atoms with van der Waals surface area (Å²) in [5.74, 6) is 1.21. The van der Waals surface area contributed by atoms with Crippen LogP contribution < -0.4 is 20.1 Å². The van der Waals surface area contributed by atoms with Crippen molar-refractivity contribution in [3.63, 3.8) is 0 Å². The van der Waals surface area contributed by atoms with Crippen LogP contribution in [0.1, 0.15) is 37.9 Å². The predicted octanol–water partition coefficient (Wildman–Crippen LogP) is 3.29. The van der Waals surface area contributed by atoms with E-state index in [2.05, 4.69) is 10.6 Å². The van der Waals surface area contributed by atoms with E-state index in [0.29, 0.717) is 24.6 Å². The highest BCUT2D eigenvalue weighted by Crippen LogP contribution is 2.29. The lowest BCUT2D eigenvalue weighted by molar-refractivity contribution is 0.237. The maximum atomic E-state index is 12.5. The molecular formula is C22H31N3O5S. The van der Waals surface area contributed by atoms with Crippen LogP contribution >= 0.6 is 0 Å². The van der Waals surface area contributed by atoms with Crippen molar-refractivity contribution in [2.45, 2.75) is 38.3 Å². The highest BCUT2D eigenvalue weighted by Gasteiger charge is 2.21. The van der Waals surface area contributed by atoms with Crippen molar-refractivity contribution in [2.24, 2.45) is 0 Å². The molecule has 1 unspecified atom stereocenters. The minimum absolute atomic E-state index is 0.242. The number of sulfonamides is 1. The van der Waals surface area contributed by atoms with E-state index in [-0.39, 0.29) is 23.5 Å². The van der Waals surface area contributed by atoms with Gasteiger partial charge in [-0.25, -0.2) is 13.2 Å². The topological polar surface area (TPSA) is 97.0 Å². The molecular weight excluding hydrogens is 418 g/mol. The molecule has 8 nitrogen and oxygen atoms in total. The van der Waals surface area contributed by atoms with Gasteiger partial charge in [-0.2, -0.15) is 4.31 Å². The van der Waals surface area contributed by atoms with Gasteiger partial charge in [0.15, 0.2) is 11.5 Å². The van der Waals surface area contributed by atoms with Gasteiger partial charge in [-0.3, -0.25) is 0 Å². The molecule has 0 aromatic heterocycles. The van der Waals surface area contributed by atoms with Crippen LogP contribution in [0.5, 0.6) is 11.5 Å². The summed E-state index contributed by atoms with van der Waals surface area (Å²) in [5.41, 5.74) is 1.67. The van der Waals surface area contributed by atoms with Gasteiger partial charge >= 0.3 is 6.03 Å². The average Bonchev–Trinajstić information content (AvgIpc) is 2.78. The maximum Gasteiger partial charge on any atom is 0.315 e. The standard InChI is InChI=1S/C22H31N3O5S/c1-6-25(7-2)31(27,28)19-11-8-17(9-12-19)15-23-22(26)24-16(3)18-10-13-20(29-4)21(14-18)30-5/h8-14,16H,6-7,15H2,1-5H3,(H2,23,24,26). The van der Waals surface area contributed by atoms with Crippen molar-refractivity contribution in [3.05, 3.63) is 53.6 Å². The van der Waals surface area contributed by atoms with Gasteiger partial charge < -0.3 is 20.1 Å². The molecule has 2 N–H and O–H groups in total. The van der Waals surface area contributed by atoms with E-state index < -0.39 is 10.0 Å². The minimum Gasteiger partial charge on any atom is -0.493 e. The molecule has 0 saturated carbocycles. The summed E-state index contributed by atoms with van der Waals surface area (Å²) >= 11 is 0. The number of carbonyl (C=O) groups is 1. The molecule has 0 aliphatic heterocycles. The summed E-state index contributed by atoms with van der Waals surface area (Å²) in [6, 6.07) is 11.4. The van der Waals surface area contributed by atoms with E-state index in [0.717, 1.165) is 11.1 Å². The Labute approximate surface area is 184 Å². The van der Waals surface area contributed by atoms with Crippen LogP contribution in [-0.2, 0) is 16.6 Å². The number of hydrogen-bond acceptors (Lipinski definition) is 5. The fraction of sp³-hybridized carbons (Fsp3) is 0.409. The van der Waals surface area contributed by atoms with Crippen LogP contribution in [0.15, 0.2) is 47.4 Å². The summed E-state index contributed by atoms with van der Waals surface area (Å²) < 4.78 is 37.0. The highest BCUT2D eigenvalue weighted by molar-refractivity contribution is 7.89. The second-order valence-corrected chi connectivity index (χ2v) is 8.83. The summed E-state index contributed by atoms with van der Waals surface area (Å²) in [6.45, 7) is 6.59. The quantitative estimate of drug-likeness (QED) is 0.580. The van der Waals surface area contributed by atoms with Crippen molar-refractivity contribution >= 4 is 16.1 Å². The normalized spacial score (nSPS) is 12.3. The van der Waals surface area contributed by atoms with Gasteiger partial charge in [0, 0.05) is 19.6 Å². The van der Waals surface area contributed by atoms with Gasteiger partial charge in [0.1, 0.15) is 0 Å². The van der Waals surface area contributed by atoms with Gasteiger partial charge in [0.25, 0.3) is 0 Å². The molecule has 0 fully saturated rings. The minimum atomic E-state index is -3.49. The number of methoxy groups -OCH3 is 2. The third kappa shape index (κ3) is 6.11. The summed E-state index contributed by atoms with van der Waals surface area (Å²) in [5, 5.41) is 5.66. The lowest BCUT2D eigenvalue weighted by Gasteiger charge is -2.19. The Bertz CT molecular complexity index is 973. The molecule has 2 rings (SSSR count). The molecule has 0 heterocycles. The second-order valence-electron chi connectivity index (χ2n) is 6.90. The first-order valence-corrected chi connectivity index (χ1v) is 11.6. The third-order valence-corrected chi connectivity index (χ3v) is 7.04. The van der Waals surface area contributed by atoms with Gasteiger partial charge in [-0.1, -0.05) is 32.0 Å². The molecule has 2 aromatic rings. The first-order valence-electron chi connectivity index (χ1n) is 10.1. The van der Waals surface area contributed by atoms with Gasteiger partial charge in [-0.05, 0) is 42.3 Å². The van der Waals surface area contributed by atoms with Crippen molar-refractivity contribution < 1.29 is 22.7 Å². The zero-order valence-corrected chi connectivity index (χ0v) is 19.5. The maximum absolute atomic E-state index is 12.5. The van der Waals surface area contributed by atoms with E-state index in [1.54, 1.807) is 58.4 Å². The SMILES string of the molecule is CCN(CC)S(=O)(=O)c1ccc(CNC(=O)NC(C)c2ccc(OC)c(OC)c2)cc1. The van der Waals surface area contributed by atoms with E-state index in [1.165, 1.54) is 4.31 Å². The van der Waals surface area contributed by atoms with Crippen LogP contribution in [0.4, 0.5) is 4.79 Å². The van der Waals surface area contributed by atoms with Crippen molar-refractivity contribution in [3.8, 4) is 11.5 Å². The largest absolute Gasteiger partial charge is 0.493 e. The molecule has 170 valence electrons. The number of benzene rings is 2. The van der Waals surface area contributed by atoms with Crippen LogP contribution in [0.25, 0.3) is 0 Å². The number of nitrogens with one attached hydrogen (secondary N) is 2. The molecule has 9 heteroatoms. The fourth-order valence-corrected chi connectivity index (χ4v) is 4.59. The monoisotopic (exact) mass is 449 g/mol. The van der Waals surface area contributed by atoms with Crippen molar-refractivity contribution in [2.75, 3.05) is 27.3 Å². The predicted molar refractivity (Wildman–Crippen MR) is 120 cm³/mol. The Morgan fingerprint density at radius 3 is 2.16 bits per heavy atom. The summed E-state index contributed by atoms with van der Waals surface area (Å²) in [7, 11) is -0.364. The zero-order chi connectivity index (χ0) is 23.0. The molecule has 0 aliphatic carbocycles. The number of rotatable bonds is 10. The number of amides is 2. The molecule has 1 atom stereocenters. The Kier molecular flexibility index (Phi) is 8.70. The van der Waals surface area contributed by atoms with Crippen molar-refractivity contribution in [1.82, 2.24) is 14.9 Å². The second kappa shape index (κ2) is 11.0. The zero-order valence-electron chi connectivity index (χ0n) is 18.6. The van der Waals surface area contributed by atoms with E-state index in [4.69, 9.17) is 9.47 Å². The number of hydrogen-bond donors (Lipinski definition) is 2. The van der Waals surface area contributed by atoms with Crippen molar-refractivity contribution in [1.29, 1.82) is 0 Å². The molecule has 31 heavy (non-hydrogen) atoms. The number of ether oxygens (including phenoxy) is 2. The molecule has 2 amide bonds. The first-order chi connectivity index (χ1) is 14.8. The number of nitrogens with zero attached hydrogens (tertiary/aromatic N) is 1. The summed E-state index contributed by atoms with van der Waals surface area (Å²) in [4.78, 5) is 12.5. The molecule has 0 bridgehead atoms. The highest BCUT2D eigenvalue weighted by atomic mass is 32.2. The van der Waals surface area contributed by atoms with E-state index in [9.17, 15) is 13.2 Å². The van der Waals surface area contributed by atoms with Gasteiger partial charge in [0.2, 0.25) is 10.0 Å². The van der Waals surface area contributed by atoms with Crippen LogP contribution in [0, 0.1) is 0 Å². The molecule has 0 saturated heterocycles. The molecule has 0 radical (unpaired) electrons. The van der Waals surface area contributed by atoms with E-state index in [1.807, 2.05) is 19.1 Å². The van der Waals surface area contributed by atoms with Crippen LogP contribution in [0.2, 0.25) is 0 Å². The molecule has 2 aromatic carbocycles. The number of carbonyl (C=O) groups excluding carboxylic acids is 1. The van der Waals surface area contributed by atoms with Crippen LogP contribution in [0.3, 0.4) is 0 Å². The first kappa shape index (κ1) is 24.5. The third-order valence-electron chi connectivity index (χ3n) is 4.97. The van der Waals surface area contributed by atoms with E-state index >= 15 is 0 Å². The lowest BCUT2D eigenvalue weighted by Crippen LogP contribution is -2.36. The van der Waals surface area contributed by atoms with Gasteiger partial charge in [0.05, 0.1) is 25.2 Å². The number of urea groups is 1. The Morgan fingerprint density at radius 2 is 1.61 bits per heavy atom. The Balaban J connectivity index is 1.95. The average molecular weight is 450 g/mol.